The Hall–Kier alpha value is 0.747. The maximum atomic E-state index is 9.00. The molecule has 2 nitrogen and oxygen atoms in total. The molecule has 0 aromatic heterocycles. The first-order valence-corrected chi connectivity index (χ1v) is 2.41. The van der Waals surface area contributed by atoms with Gasteiger partial charge in [-0.1, -0.05) is 0 Å². The number of aliphatic carboxylic acids is 1. The SMILES string of the molecule is CC(=O)O.[Cl][Ni].[Ni]. The minimum absolute atomic E-state index is 0. The molecular formula is C2H4ClNi2O2. The quantitative estimate of drug-likeness (QED) is 0.603. The largest absolute Gasteiger partial charge is 0 e. The molecule has 0 saturated carbocycles. The van der Waals surface area contributed by atoms with Crippen LogP contribution >= 0.6 is 10.2 Å². The van der Waals surface area contributed by atoms with Gasteiger partial charge in [-0.05, 0) is 0 Å². The third kappa shape index (κ3) is 272. The van der Waals surface area contributed by atoms with E-state index in [1.807, 2.05) is 0 Å². The first-order chi connectivity index (χ1) is 2.73. The predicted molar refractivity (Wildman–Crippen MR) is 19.2 cm³/mol. The van der Waals surface area contributed by atoms with Crippen LogP contribution in [0.3, 0.4) is 0 Å². The van der Waals surface area contributed by atoms with Crippen LogP contribution in [-0.4, -0.2) is 11.1 Å². The van der Waals surface area contributed by atoms with Crippen LogP contribution in [0.15, 0.2) is 0 Å². The van der Waals surface area contributed by atoms with Crippen LogP contribution < -0.4 is 0 Å². The second kappa shape index (κ2) is 15.9. The van der Waals surface area contributed by atoms with E-state index in [4.69, 9.17) is 9.90 Å². The topological polar surface area (TPSA) is 37.3 Å². The Balaban J connectivity index is -0.0000000480. The van der Waals surface area contributed by atoms with Crippen molar-refractivity contribution in [2.75, 3.05) is 0 Å². The fourth-order valence-electron chi connectivity index (χ4n) is 0. The maximum absolute atomic E-state index is 9.00. The molecule has 5 heteroatoms. The molecule has 0 fully saturated rings. The van der Waals surface area contributed by atoms with Crippen molar-refractivity contribution in [1.82, 2.24) is 0 Å². The molecule has 0 aliphatic carbocycles. The van der Waals surface area contributed by atoms with Gasteiger partial charge >= 0.3 is 24.8 Å². The minimum atomic E-state index is -0.833. The van der Waals surface area contributed by atoms with Gasteiger partial charge in [0.2, 0.25) is 0 Å². The van der Waals surface area contributed by atoms with E-state index < -0.39 is 5.97 Å². The fourth-order valence-corrected chi connectivity index (χ4v) is 0. The number of hydrogen-bond donors (Lipinski definition) is 1. The molecule has 0 radical (unpaired) electrons. The zero-order chi connectivity index (χ0) is 5.58. The molecule has 7 heavy (non-hydrogen) atoms. The summed E-state index contributed by atoms with van der Waals surface area (Å²) in [6, 6.07) is 0. The number of rotatable bonds is 0. The van der Waals surface area contributed by atoms with Crippen molar-refractivity contribution in [2.24, 2.45) is 0 Å². The molecule has 0 heterocycles. The Kier molecular flexibility index (Phi) is 35.5. The summed E-state index contributed by atoms with van der Waals surface area (Å²) in [4.78, 5) is 9.00. The number of carboxylic acids is 1. The van der Waals surface area contributed by atoms with Gasteiger partial charge in [0.15, 0.2) is 0 Å². The van der Waals surface area contributed by atoms with Crippen molar-refractivity contribution >= 4 is 16.2 Å². The van der Waals surface area contributed by atoms with Gasteiger partial charge in [-0.3, -0.25) is 4.79 Å². The summed E-state index contributed by atoms with van der Waals surface area (Å²) in [7, 11) is 4.26. The normalized spacial score (nSPS) is 4.57. The van der Waals surface area contributed by atoms with Gasteiger partial charge in [-0.25, -0.2) is 0 Å². The molecule has 0 atom stereocenters. The summed E-state index contributed by atoms with van der Waals surface area (Å²) in [5.41, 5.74) is 0. The molecule has 0 unspecified atom stereocenters. The van der Waals surface area contributed by atoms with Crippen molar-refractivity contribution in [3.63, 3.8) is 0 Å². The van der Waals surface area contributed by atoms with E-state index in [0.717, 1.165) is 6.92 Å². The number of carboxylic acid groups (broad SMARTS) is 1. The van der Waals surface area contributed by atoms with E-state index in [-0.39, 0.29) is 16.5 Å². The first kappa shape index (κ1) is 15.7. The van der Waals surface area contributed by atoms with Crippen LogP contribution in [-0.2, 0) is 35.9 Å². The maximum Gasteiger partial charge on any atom is 0 e. The van der Waals surface area contributed by atoms with E-state index in [1.54, 1.807) is 0 Å². The van der Waals surface area contributed by atoms with E-state index in [1.165, 1.54) is 0 Å². The third-order valence-electron chi connectivity index (χ3n) is 0. The number of hydrogen-bond acceptors (Lipinski definition) is 1. The summed E-state index contributed by atoms with van der Waals surface area (Å²) >= 11 is 3.35. The van der Waals surface area contributed by atoms with Crippen molar-refractivity contribution in [2.45, 2.75) is 6.92 Å². The van der Waals surface area contributed by atoms with Gasteiger partial charge in [0.25, 0.3) is 5.97 Å². The zero-order valence-corrected chi connectivity index (χ0v) is 6.10. The summed E-state index contributed by atoms with van der Waals surface area (Å²) in [5, 5.41) is 7.42. The molecule has 0 rings (SSSR count). The summed E-state index contributed by atoms with van der Waals surface area (Å²) in [6.07, 6.45) is 0. The van der Waals surface area contributed by atoms with Crippen LogP contribution in [0.1, 0.15) is 6.92 Å². The van der Waals surface area contributed by atoms with Crippen LogP contribution in [0.4, 0.5) is 0 Å². The standard InChI is InChI=1S/C2H4O2.ClH.2Ni/c1-2(3)4;;;/h1H3,(H,3,4);1H;;/q;;;+1/p-1. The molecular weight excluding hydrogens is 209 g/mol. The second-order valence-corrected chi connectivity index (χ2v) is 0.519. The number of carbonyl (C=O) groups is 1. The molecule has 0 amide bonds. The van der Waals surface area contributed by atoms with Crippen LogP contribution in [0, 0.1) is 0 Å². The molecule has 1 N–H and O–H groups in total. The van der Waals surface area contributed by atoms with E-state index >= 15 is 0 Å². The van der Waals surface area contributed by atoms with Gasteiger partial charge in [0.05, 0.1) is 0 Å². The minimum Gasteiger partial charge on any atom is 0 e. The Labute approximate surface area is 64.2 Å². The second-order valence-electron chi connectivity index (χ2n) is 0.519. The molecule has 51 valence electrons. The van der Waals surface area contributed by atoms with E-state index in [2.05, 4.69) is 24.8 Å². The molecule has 0 aromatic rings. The Morgan fingerprint density at radius 1 is 1.71 bits per heavy atom. The monoisotopic (exact) mass is 211 g/mol. The van der Waals surface area contributed by atoms with Crippen molar-refractivity contribution in [3.05, 3.63) is 0 Å². The molecule has 0 saturated heterocycles. The zero-order valence-electron chi connectivity index (χ0n) is 3.37. The van der Waals surface area contributed by atoms with E-state index in [0.29, 0.717) is 0 Å². The van der Waals surface area contributed by atoms with Crippen molar-refractivity contribution in [3.8, 4) is 0 Å². The van der Waals surface area contributed by atoms with Crippen LogP contribution in [0.5, 0.6) is 0 Å². The van der Waals surface area contributed by atoms with Crippen molar-refractivity contribution in [1.29, 1.82) is 0 Å². The van der Waals surface area contributed by atoms with Gasteiger partial charge in [-0.15, -0.1) is 0 Å². The molecule has 0 aliphatic heterocycles. The molecule has 0 aromatic carbocycles. The first-order valence-electron chi connectivity index (χ1n) is 1.05. The van der Waals surface area contributed by atoms with Gasteiger partial charge < -0.3 is 5.11 Å². The van der Waals surface area contributed by atoms with Crippen LogP contribution in [0.25, 0.3) is 0 Å². The van der Waals surface area contributed by atoms with E-state index in [9.17, 15) is 0 Å². The summed E-state index contributed by atoms with van der Waals surface area (Å²) < 4.78 is 0. The molecule has 0 spiro atoms. The van der Waals surface area contributed by atoms with Crippen molar-refractivity contribution < 1.29 is 41.0 Å². The average molecular weight is 213 g/mol. The summed E-state index contributed by atoms with van der Waals surface area (Å²) in [6.45, 7) is 1.08. The molecule has 0 bridgehead atoms. The predicted octanol–water partition coefficient (Wildman–Crippen LogP) is 0.775. The Morgan fingerprint density at radius 3 is 1.71 bits per heavy atom. The molecule has 0 aliphatic rings. The Bertz CT molecular complexity index is 36.7. The van der Waals surface area contributed by atoms with Gasteiger partial charge in [-0.2, -0.15) is 0 Å². The van der Waals surface area contributed by atoms with Crippen LogP contribution in [0.2, 0.25) is 0 Å². The average Bonchev–Trinajstić information content (AvgIpc) is 1.41. The summed E-state index contributed by atoms with van der Waals surface area (Å²) in [5.74, 6) is -0.833. The van der Waals surface area contributed by atoms with Gasteiger partial charge in [0, 0.05) is 23.4 Å². The number of halogens is 1. The Morgan fingerprint density at radius 2 is 1.71 bits per heavy atom. The fraction of sp³-hybridized carbons (Fsp3) is 0.500. The van der Waals surface area contributed by atoms with Gasteiger partial charge in [0.1, 0.15) is 0 Å². The smallest absolute Gasteiger partial charge is 0 e. The third-order valence-corrected chi connectivity index (χ3v) is 0.